The monoisotopic (exact) mass is 388 g/mol. The van der Waals surface area contributed by atoms with Crippen LogP contribution in [0.3, 0.4) is 0 Å². The van der Waals surface area contributed by atoms with Crippen molar-refractivity contribution in [3.63, 3.8) is 0 Å². The highest BCUT2D eigenvalue weighted by atomic mass is 79.9. The normalized spacial score (nSPS) is 12.8. The number of hydrogen-bond donors (Lipinski definition) is 0. The third kappa shape index (κ3) is 2.48. The second-order valence-corrected chi connectivity index (χ2v) is 7.29. The minimum Gasteiger partial charge on any atom is -0.206 e. The summed E-state index contributed by atoms with van der Waals surface area (Å²) in [7, 11) is 0. The molecule has 0 fully saturated rings. The maximum atomic E-state index is 13.8. The number of benzene rings is 2. The summed E-state index contributed by atoms with van der Waals surface area (Å²) >= 11 is 17.4. The first kappa shape index (κ1) is 14.3. The lowest BCUT2D eigenvalue weighted by atomic mass is 10.0. The Morgan fingerprint density at radius 3 is 2.45 bits per heavy atom. The van der Waals surface area contributed by atoms with E-state index in [4.69, 9.17) is 23.2 Å². The molecule has 0 saturated carbocycles. The van der Waals surface area contributed by atoms with E-state index in [0.29, 0.717) is 9.72 Å². The first-order valence-electron chi connectivity index (χ1n) is 5.84. The molecule has 0 amide bonds. The number of halogens is 4. The molecule has 0 saturated heterocycles. The maximum Gasteiger partial charge on any atom is 0.131 e. The highest BCUT2D eigenvalue weighted by molar-refractivity contribution is 9.10. The molecule has 2 aromatic carbocycles. The van der Waals surface area contributed by atoms with Crippen molar-refractivity contribution in [2.24, 2.45) is 0 Å². The molecule has 0 aliphatic heterocycles. The van der Waals surface area contributed by atoms with Crippen LogP contribution in [0.2, 0.25) is 4.34 Å². The van der Waals surface area contributed by atoms with Crippen molar-refractivity contribution in [1.82, 2.24) is 0 Å². The number of hydrogen-bond acceptors (Lipinski definition) is 1. The summed E-state index contributed by atoms with van der Waals surface area (Å²) in [6, 6.07) is 12.4. The molecular weight excluding hydrogens is 382 g/mol. The van der Waals surface area contributed by atoms with Gasteiger partial charge in [0.15, 0.2) is 0 Å². The molecule has 20 heavy (non-hydrogen) atoms. The first-order chi connectivity index (χ1) is 9.58. The largest absolute Gasteiger partial charge is 0.206 e. The number of alkyl halides is 1. The Morgan fingerprint density at radius 2 is 1.80 bits per heavy atom. The summed E-state index contributed by atoms with van der Waals surface area (Å²) in [5.74, 6) is -0.237. The minimum atomic E-state index is -0.353. The smallest absolute Gasteiger partial charge is 0.131 e. The molecule has 1 unspecified atom stereocenters. The van der Waals surface area contributed by atoms with Gasteiger partial charge in [0.05, 0.1) is 5.38 Å². The third-order valence-electron chi connectivity index (χ3n) is 3.09. The molecule has 1 atom stereocenters. The highest BCUT2D eigenvalue weighted by Gasteiger charge is 2.18. The van der Waals surface area contributed by atoms with Crippen molar-refractivity contribution in [2.75, 3.05) is 0 Å². The van der Waals surface area contributed by atoms with Gasteiger partial charge in [-0.05, 0) is 39.0 Å². The van der Waals surface area contributed by atoms with Crippen LogP contribution in [0.1, 0.15) is 15.8 Å². The second-order valence-electron chi connectivity index (χ2n) is 4.32. The molecule has 1 heterocycles. The van der Waals surface area contributed by atoms with Gasteiger partial charge in [-0.15, -0.1) is 22.9 Å². The van der Waals surface area contributed by atoms with Gasteiger partial charge in [-0.25, -0.2) is 4.39 Å². The zero-order valence-electron chi connectivity index (χ0n) is 10.0. The lowest BCUT2D eigenvalue weighted by molar-refractivity contribution is 0.639. The Morgan fingerprint density at radius 1 is 1.10 bits per heavy atom. The van der Waals surface area contributed by atoms with E-state index < -0.39 is 0 Å². The van der Waals surface area contributed by atoms with Crippen molar-refractivity contribution in [3.8, 4) is 0 Å². The number of fused-ring (bicyclic) bond motifs is 1. The van der Waals surface area contributed by atoms with Gasteiger partial charge in [0.2, 0.25) is 0 Å². The summed E-state index contributed by atoms with van der Waals surface area (Å²) in [5.41, 5.74) is 0.883. The number of thiophene rings is 1. The van der Waals surface area contributed by atoms with Gasteiger partial charge < -0.3 is 0 Å². The van der Waals surface area contributed by atoms with Crippen molar-refractivity contribution >= 4 is 61.2 Å². The maximum absolute atomic E-state index is 13.8. The molecule has 3 aromatic rings. The molecule has 102 valence electrons. The van der Waals surface area contributed by atoms with Crippen LogP contribution in [0, 0.1) is 5.82 Å². The van der Waals surface area contributed by atoms with Crippen LogP contribution < -0.4 is 0 Å². The van der Waals surface area contributed by atoms with Crippen LogP contribution in [-0.2, 0) is 0 Å². The topological polar surface area (TPSA) is 0 Å². The Kier molecular flexibility index (Phi) is 4.04. The molecule has 0 radical (unpaired) electrons. The molecule has 0 aliphatic rings. The first-order valence-corrected chi connectivity index (χ1v) is 8.26. The summed E-state index contributed by atoms with van der Waals surface area (Å²) in [5, 5.41) is 1.06. The summed E-state index contributed by atoms with van der Waals surface area (Å²) in [6.07, 6.45) is 0. The molecule has 0 aliphatic carbocycles. The van der Waals surface area contributed by atoms with E-state index in [1.54, 1.807) is 12.1 Å². The zero-order valence-corrected chi connectivity index (χ0v) is 14.0. The van der Waals surface area contributed by atoms with E-state index in [1.165, 1.54) is 17.4 Å². The lowest BCUT2D eigenvalue weighted by Gasteiger charge is -2.12. The quantitative estimate of drug-likeness (QED) is 0.423. The Balaban J connectivity index is 2.17. The molecule has 0 N–H and O–H groups in total. The van der Waals surface area contributed by atoms with Crippen LogP contribution in [0.4, 0.5) is 4.39 Å². The fraction of sp³-hybridized carbons (Fsp3) is 0.0667. The molecule has 0 bridgehead atoms. The Bertz CT molecular complexity index is 765. The summed E-state index contributed by atoms with van der Waals surface area (Å²) < 4.78 is 15.3. The van der Waals surface area contributed by atoms with Gasteiger partial charge in [-0.2, -0.15) is 0 Å². The molecule has 3 rings (SSSR count). The van der Waals surface area contributed by atoms with E-state index in [0.717, 1.165) is 20.3 Å². The molecular formula is C15H8BrCl2FS. The molecule has 1 aromatic heterocycles. The van der Waals surface area contributed by atoms with Gasteiger partial charge in [0.1, 0.15) is 10.2 Å². The zero-order chi connectivity index (χ0) is 14.3. The van der Waals surface area contributed by atoms with E-state index in [9.17, 15) is 4.39 Å². The van der Waals surface area contributed by atoms with E-state index in [-0.39, 0.29) is 11.2 Å². The molecule has 0 nitrogen and oxygen atoms in total. The van der Waals surface area contributed by atoms with Crippen LogP contribution in [0.25, 0.3) is 10.8 Å². The SMILES string of the molecule is Fc1ccc(C(Cl)c2cc(Br)c(Cl)s2)c2ccccc12. The fourth-order valence-corrected chi connectivity index (χ4v) is 4.27. The van der Waals surface area contributed by atoms with Crippen LogP contribution in [0.15, 0.2) is 46.9 Å². The van der Waals surface area contributed by atoms with Crippen molar-refractivity contribution in [3.05, 3.63) is 67.5 Å². The van der Waals surface area contributed by atoms with Gasteiger partial charge in [-0.3, -0.25) is 0 Å². The Labute approximate surface area is 138 Å². The molecule has 0 spiro atoms. The third-order valence-corrected chi connectivity index (χ3v) is 6.23. The van der Waals surface area contributed by atoms with Gasteiger partial charge in [0, 0.05) is 14.7 Å². The Hall–Kier alpha value is -0.610. The van der Waals surface area contributed by atoms with Crippen LogP contribution in [0.5, 0.6) is 0 Å². The second kappa shape index (κ2) is 5.64. The number of rotatable bonds is 2. The average molecular weight is 390 g/mol. The van der Waals surface area contributed by atoms with Crippen molar-refractivity contribution in [2.45, 2.75) is 5.38 Å². The van der Waals surface area contributed by atoms with E-state index in [1.807, 2.05) is 24.3 Å². The summed E-state index contributed by atoms with van der Waals surface area (Å²) in [6.45, 7) is 0. The fourth-order valence-electron chi connectivity index (χ4n) is 2.15. The average Bonchev–Trinajstić information content (AvgIpc) is 2.79. The lowest BCUT2D eigenvalue weighted by Crippen LogP contribution is -1.93. The van der Waals surface area contributed by atoms with Crippen LogP contribution >= 0.6 is 50.5 Å². The van der Waals surface area contributed by atoms with E-state index in [2.05, 4.69) is 15.9 Å². The van der Waals surface area contributed by atoms with E-state index >= 15 is 0 Å². The van der Waals surface area contributed by atoms with Crippen LogP contribution in [-0.4, -0.2) is 0 Å². The van der Waals surface area contributed by atoms with Gasteiger partial charge >= 0.3 is 0 Å². The predicted molar refractivity (Wildman–Crippen MR) is 88.6 cm³/mol. The van der Waals surface area contributed by atoms with Crippen molar-refractivity contribution in [1.29, 1.82) is 0 Å². The van der Waals surface area contributed by atoms with Gasteiger partial charge in [0.25, 0.3) is 0 Å². The standard InChI is InChI=1S/C15H8BrCl2FS/c16-11-7-13(20-15(11)18)14(17)10-5-6-12(19)9-4-2-1-3-8(9)10/h1-7,14H. The van der Waals surface area contributed by atoms with Gasteiger partial charge in [-0.1, -0.05) is 41.9 Å². The predicted octanol–water partition coefficient (Wildman–Crippen LogP) is 6.78. The molecule has 5 heteroatoms. The van der Waals surface area contributed by atoms with Crippen molar-refractivity contribution < 1.29 is 4.39 Å². The highest BCUT2D eigenvalue weighted by Crippen LogP contribution is 2.42. The summed E-state index contributed by atoms with van der Waals surface area (Å²) in [4.78, 5) is 0.931. The minimum absolute atomic E-state index is 0.237.